The molecule has 0 atom stereocenters. The Labute approximate surface area is 113 Å². The van der Waals surface area contributed by atoms with Crippen LogP contribution in [-0.2, 0) is 9.47 Å². The number of aliphatic hydroxyl groups is 1. The number of aliphatic hydroxyl groups excluding tert-OH is 1. The first-order chi connectivity index (χ1) is 8.60. The summed E-state index contributed by atoms with van der Waals surface area (Å²) < 4.78 is 9.67. The van der Waals surface area contributed by atoms with Crippen LogP contribution in [0.4, 0.5) is 5.13 Å². The van der Waals surface area contributed by atoms with Crippen LogP contribution in [0, 0.1) is 5.41 Å². The maximum absolute atomic E-state index is 11.3. The number of nitrogens with zero attached hydrogens (tertiary/aromatic N) is 1. The summed E-state index contributed by atoms with van der Waals surface area (Å²) in [4.78, 5) is 15.6. The largest absolute Gasteiger partial charge is 0.465 e. The van der Waals surface area contributed by atoms with Gasteiger partial charge in [0.2, 0.25) is 0 Å². The molecule has 0 spiro atoms. The first-order valence-electron chi connectivity index (χ1n) is 5.27. The zero-order valence-corrected chi connectivity index (χ0v) is 11.3. The molecular formula is C10H13ClN2O4S. The molecule has 0 bridgehead atoms. The van der Waals surface area contributed by atoms with Crippen molar-refractivity contribution in [3.05, 3.63) is 10.0 Å². The highest BCUT2D eigenvalue weighted by Gasteiger charge is 2.38. The second-order valence-corrected chi connectivity index (χ2v) is 5.49. The second kappa shape index (κ2) is 5.40. The van der Waals surface area contributed by atoms with Gasteiger partial charge in [0.05, 0.1) is 32.3 Å². The van der Waals surface area contributed by atoms with Gasteiger partial charge in [-0.1, -0.05) is 22.9 Å². The van der Waals surface area contributed by atoms with Crippen molar-refractivity contribution < 1.29 is 19.4 Å². The number of halogens is 1. The van der Waals surface area contributed by atoms with Crippen LogP contribution < -0.4 is 5.32 Å². The SMILES string of the molecule is COC(=O)c1sc(NCC2(CO)COC2)nc1Cl. The van der Waals surface area contributed by atoms with Crippen LogP contribution in [0.5, 0.6) is 0 Å². The minimum absolute atomic E-state index is 0.0446. The number of nitrogens with one attached hydrogen (secondary N) is 1. The van der Waals surface area contributed by atoms with Crippen molar-refractivity contribution in [2.75, 3.05) is 38.8 Å². The summed E-state index contributed by atoms with van der Waals surface area (Å²) in [6.45, 7) is 1.59. The lowest BCUT2D eigenvalue weighted by Gasteiger charge is -2.39. The van der Waals surface area contributed by atoms with Crippen molar-refractivity contribution >= 4 is 34.0 Å². The molecule has 2 rings (SSSR count). The third-order valence-electron chi connectivity index (χ3n) is 2.72. The molecule has 1 aromatic rings. The van der Waals surface area contributed by atoms with Crippen molar-refractivity contribution in [3.63, 3.8) is 0 Å². The zero-order chi connectivity index (χ0) is 13.2. The first-order valence-corrected chi connectivity index (χ1v) is 6.47. The summed E-state index contributed by atoms with van der Waals surface area (Å²) in [7, 11) is 1.29. The van der Waals surface area contributed by atoms with E-state index in [0.717, 1.165) is 11.3 Å². The number of thiazole rings is 1. The van der Waals surface area contributed by atoms with Crippen molar-refractivity contribution in [2.24, 2.45) is 5.41 Å². The number of rotatable bonds is 5. The van der Waals surface area contributed by atoms with Crippen molar-refractivity contribution in [3.8, 4) is 0 Å². The van der Waals surface area contributed by atoms with E-state index >= 15 is 0 Å². The molecule has 0 saturated carbocycles. The standard InChI is InChI=1S/C10H13ClN2O4S/c1-16-8(15)6-7(11)13-9(18-6)12-2-10(3-14)4-17-5-10/h14H,2-5H2,1H3,(H,12,13). The van der Waals surface area contributed by atoms with E-state index in [2.05, 4.69) is 15.0 Å². The van der Waals surface area contributed by atoms with Crippen molar-refractivity contribution in [1.82, 2.24) is 4.98 Å². The third kappa shape index (κ3) is 2.59. The van der Waals surface area contributed by atoms with Gasteiger partial charge in [-0.3, -0.25) is 0 Å². The Hall–Kier alpha value is -0.890. The van der Waals surface area contributed by atoms with Gasteiger partial charge in [0, 0.05) is 6.54 Å². The van der Waals surface area contributed by atoms with E-state index in [1.54, 1.807) is 0 Å². The van der Waals surface area contributed by atoms with Gasteiger partial charge in [-0.05, 0) is 0 Å². The second-order valence-electron chi connectivity index (χ2n) is 4.14. The maximum Gasteiger partial charge on any atom is 0.351 e. The molecule has 1 aliphatic rings. The Bertz CT molecular complexity index is 442. The summed E-state index contributed by atoms with van der Waals surface area (Å²) in [5.74, 6) is -0.505. The molecule has 6 nitrogen and oxygen atoms in total. The molecule has 100 valence electrons. The highest BCUT2D eigenvalue weighted by atomic mass is 35.5. The van der Waals surface area contributed by atoms with E-state index < -0.39 is 5.97 Å². The van der Waals surface area contributed by atoms with Crippen LogP contribution in [0.15, 0.2) is 0 Å². The van der Waals surface area contributed by atoms with Crippen LogP contribution >= 0.6 is 22.9 Å². The number of anilines is 1. The Balaban J connectivity index is 2.00. The fourth-order valence-corrected chi connectivity index (χ4v) is 2.60. The number of esters is 1. The Morgan fingerprint density at radius 2 is 2.44 bits per heavy atom. The minimum atomic E-state index is -0.505. The molecule has 1 aliphatic heterocycles. The number of ether oxygens (including phenoxy) is 2. The van der Waals surface area contributed by atoms with Crippen LogP contribution in [0.2, 0.25) is 5.15 Å². The van der Waals surface area contributed by atoms with Gasteiger partial charge in [-0.2, -0.15) is 0 Å². The normalized spacial score (nSPS) is 17.1. The number of carbonyl (C=O) groups is 1. The molecule has 18 heavy (non-hydrogen) atoms. The van der Waals surface area contributed by atoms with Crippen LogP contribution in [0.25, 0.3) is 0 Å². The molecule has 0 unspecified atom stereocenters. The molecular weight excluding hydrogens is 280 g/mol. The molecule has 2 heterocycles. The molecule has 1 saturated heterocycles. The zero-order valence-electron chi connectivity index (χ0n) is 9.73. The summed E-state index contributed by atoms with van der Waals surface area (Å²) in [5.41, 5.74) is -0.260. The minimum Gasteiger partial charge on any atom is -0.465 e. The van der Waals surface area contributed by atoms with Gasteiger partial charge in [0.15, 0.2) is 15.2 Å². The number of hydrogen-bond donors (Lipinski definition) is 2. The van der Waals surface area contributed by atoms with E-state index in [9.17, 15) is 9.90 Å². The van der Waals surface area contributed by atoms with Gasteiger partial charge in [0.25, 0.3) is 0 Å². The molecule has 8 heteroatoms. The summed E-state index contributed by atoms with van der Waals surface area (Å²) in [5, 5.41) is 13.0. The fourth-order valence-electron chi connectivity index (χ4n) is 1.50. The molecule has 2 N–H and O–H groups in total. The lowest BCUT2D eigenvalue weighted by atomic mass is 9.87. The van der Waals surface area contributed by atoms with Crippen molar-refractivity contribution in [2.45, 2.75) is 0 Å². The number of aromatic nitrogens is 1. The Morgan fingerprint density at radius 1 is 1.72 bits per heavy atom. The number of hydrogen-bond acceptors (Lipinski definition) is 7. The molecule has 1 aromatic heterocycles. The maximum atomic E-state index is 11.3. The molecule has 0 radical (unpaired) electrons. The van der Waals surface area contributed by atoms with E-state index in [-0.39, 0.29) is 22.1 Å². The quantitative estimate of drug-likeness (QED) is 0.788. The Kier molecular flexibility index (Phi) is 4.06. The van der Waals surface area contributed by atoms with Crippen molar-refractivity contribution in [1.29, 1.82) is 0 Å². The van der Waals surface area contributed by atoms with Gasteiger partial charge < -0.3 is 19.9 Å². The lowest BCUT2D eigenvalue weighted by molar-refractivity contribution is -0.128. The molecule has 0 amide bonds. The summed E-state index contributed by atoms with van der Waals surface area (Å²) >= 11 is 6.96. The topological polar surface area (TPSA) is 80.7 Å². The lowest BCUT2D eigenvalue weighted by Crippen LogP contribution is -2.50. The molecule has 0 aliphatic carbocycles. The van der Waals surface area contributed by atoms with E-state index in [1.165, 1.54) is 7.11 Å². The smallest absolute Gasteiger partial charge is 0.351 e. The van der Waals surface area contributed by atoms with Gasteiger partial charge in [-0.25, -0.2) is 9.78 Å². The predicted molar refractivity (Wildman–Crippen MR) is 67.3 cm³/mol. The van der Waals surface area contributed by atoms with Gasteiger partial charge >= 0.3 is 5.97 Å². The summed E-state index contributed by atoms with van der Waals surface area (Å²) in [6, 6.07) is 0. The Morgan fingerprint density at radius 3 is 2.94 bits per heavy atom. The van der Waals surface area contributed by atoms with E-state index in [1.807, 2.05) is 0 Å². The van der Waals surface area contributed by atoms with E-state index in [0.29, 0.717) is 24.9 Å². The number of methoxy groups -OCH3 is 1. The average molecular weight is 293 g/mol. The monoisotopic (exact) mass is 292 g/mol. The first kappa shape index (κ1) is 13.5. The van der Waals surface area contributed by atoms with Crippen LogP contribution in [0.3, 0.4) is 0 Å². The number of carbonyl (C=O) groups excluding carboxylic acids is 1. The van der Waals surface area contributed by atoms with Gasteiger partial charge in [-0.15, -0.1) is 0 Å². The highest BCUT2D eigenvalue weighted by Crippen LogP contribution is 2.31. The third-order valence-corrected chi connectivity index (χ3v) is 4.10. The van der Waals surface area contributed by atoms with E-state index in [4.69, 9.17) is 16.3 Å². The predicted octanol–water partition coefficient (Wildman–Crippen LogP) is 1.00. The molecule has 1 fully saturated rings. The van der Waals surface area contributed by atoms with Crippen LogP contribution in [0.1, 0.15) is 9.67 Å². The van der Waals surface area contributed by atoms with Crippen LogP contribution in [-0.4, -0.2) is 49.5 Å². The average Bonchev–Trinajstić information content (AvgIpc) is 2.69. The summed E-state index contributed by atoms with van der Waals surface area (Å²) in [6.07, 6.45) is 0. The fraction of sp³-hybridized carbons (Fsp3) is 0.600. The highest BCUT2D eigenvalue weighted by molar-refractivity contribution is 7.18. The van der Waals surface area contributed by atoms with Gasteiger partial charge in [0.1, 0.15) is 0 Å². The molecule has 0 aromatic carbocycles.